The minimum Gasteiger partial charge on any atom is -0.481 e. The summed E-state index contributed by atoms with van der Waals surface area (Å²) in [5, 5.41) is 15.0. The Kier molecular flexibility index (Phi) is 8.33. The molecule has 0 bridgehead atoms. The predicted molar refractivity (Wildman–Crippen MR) is 118 cm³/mol. The van der Waals surface area contributed by atoms with Gasteiger partial charge in [-0.05, 0) is 25.7 Å². The molecule has 0 spiro atoms. The van der Waals surface area contributed by atoms with E-state index in [1.54, 1.807) is 0 Å². The predicted octanol–water partition coefficient (Wildman–Crippen LogP) is 0.867. The van der Waals surface area contributed by atoms with E-state index in [0.29, 0.717) is 57.1 Å². The van der Waals surface area contributed by atoms with Crippen LogP contribution in [-0.4, -0.2) is 68.2 Å². The molecule has 3 atom stereocenters. The van der Waals surface area contributed by atoms with Crippen LogP contribution in [0, 0.1) is 0 Å². The Bertz CT molecular complexity index is 819. The van der Waals surface area contributed by atoms with Crippen LogP contribution in [0.25, 0.3) is 0 Å². The van der Waals surface area contributed by atoms with E-state index in [4.69, 9.17) is 5.11 Å². The summed E-state index contributed by atoms with van der Waals surface area (Å²) >= 11 is 1.39. The summed E-state index contributed by atoms with van der Waals surface area (Å²) in [4.78, 5) is 71.7. The van der Waals surface area contributed by atoms with Crippen molar-refractivity contribution in [3.05, 3.63) is 0 Å². The van der Waals surface area contributed by atoms with Gasteiger partial charge >= 0.3 is 12.0 Å². The minimum absolute atomic E-state index is 0.0576. The third-order valence-electron chi connectivity index (χ3n) is 6.28. The zero-order chi connectivity index (χ0) is 24.0. The van der Waals surface area contributed by atoms with Gasteiger partial charge in [-0.1, -0.05) is 12.8 Å². The van der Waals surface area contributed by atoms with E-state index in [1.165, 1.54) is 11.8 Å². The molecule has 3 fully saturated rings. The summed E-state index contributed by atoms with van der Waals surface area (Å²) < 4.78 is -1.05. The molecule has 4 N–H and O–H groups in total. The standard InChI is InChI=1S/C21H30N4O7S/c26-13(6-2-1-3-8-17(29)30)7-4-5-11-21(18-14(12-33-21)22-20(32)23-18)19(31)24-25-15(27)9-10-16(25)28/h14,18H,1-12H2,(H,24,31)(H,29,30)(H2,22,23,32)/t14-,18-,21-/m0/s1. The zero-order valence-electron chi connectivity index (χ0n) is 18.4. The molecule has 5 amide bonds. The highest BCUT2D eigenvalue weighted by Gasteiger charge is 2.58. The first-order chi connectivity index (χ1) is 15.7. The zero-order valence-corrected chi connectivity index (χ0v) is 19.2. The Balaban J connectivity index is 1.52. The van der Waals surface area contributed by atoms with Gasteiger partial charge in [0.2, 0.25) is 11.8 Å². The van der Waals surface area contributed by atoms with Crippen LogP contribution in [0.15, 0.2) is 0 Å². The number of ketones is 1. The number of amides is 5. The number of thioether (sulfide) groups is 1. The van der Waals surface area contributed by atoms with Crippen molar-refractivity contribution in [2.75, 3.05) is 5.75 Å². The van der Waals surface area contributed by atoms with Gasteiger partial charge in [-0.25, -0.2) is 4.79 Å². The maximum atomic E-state index is 13.3. The molecule has 3 aliphatic rings. The van der Waals surface area contributed by atoms with Crippen LogP contribution >= 0.6 is 11.8 Å². The van der Waals surface area contributed by atoms with Crippen molar-refractivity contribution >= 4 is 47.3 Å². The van der Waals surface area contributed by atoms with Crippen LogP contribution in [-0.2, 0) is 24.0 Å². The van der Waals surface area contributed by atoms with Gasteiger partial charge in [-0.2, -0.15) is 5.01 Å². The summed E-state index contributed by atoms with van der Waals surface area (Å²) in [6.45, 7) is 0. The minimum atomic E-state index is -1.05. The van der Waals surface area contributed by atoms with Crippen LogP contribution in [0.5, 0.6) is 0 Å². The number of carbonyl (C=O) groups is 6. The molecule has 0 aromatic rings. The summed E-state index contributed by atoms with van der Waals surface area (Å²) in [5.41, 5.74) is 2.47. The van der Waals surface area contributed by atoms with Crippen molar-refractivity contribution in [2.24, 2.45) is 0 Å². The number of carboxylic acid groups (broad SMARTS) is 1. The fourth-order valence-electron chi connectivity index (χ4n) is 4.50. The van der Waals surface area contributed by atoms with Gasteiger partial charge in [0.05, 0.1) is 12.1 Å². The highest BCUT2D eigenvalue weighted by Crippen LogP contribution is 2.44. The molecule has 0 saturated carbocycles. The van der Waals surface area contributed by atoms with E-state index in [2.05, 4.69) is 16.1 Å². The van der Waals surface area contributed by atoms with Gasteiger partial charge in [-0.3, -0.25) is 29.4 Å². The number of carbonyl (C=O) groups excluding carboxylic acids is 5. The molecule has 12 heteroatoms. The maximum absolute atomic E-state index is 13.3. The summed E-state index contributed by atoms with van der Waals surface area (Å²) in [6.07, 6.45) is 4.43. The lowest BCUT2D eigenvalue weighted by atomic mass is 9.88. The fourth-order valence-corrected chi connectivity index (χ4v) is 6.12. The molecular weight excluding hydrogens is 452 g/mol. The first kappa shape index (κ1) is 25.0. The van der Waals surface area contributed by atoms with Crippen molar-refractivity contribution in [1.29, 1.82) is 0 Å². The van der Waals surface area contributed by atoms with E-state index in [0.717, 1.165) is 5.01 Å². The molecule has 0 radical (unpaired) electrons. The lowest BCUT2D eigenvalue weighted by Gasteiger charge is -2.33. The number of urea groups is 1. The van der Waals surface area contributed by atoms with Crippen molar-refractivity contribution in [2.45, 2.75) is 87.5 Å². The summed E-state index contributed by atoms with van der Waals surface area (Å²) in [6, 6.07) is -1.06. The summed E-state index contributed by atoms with van der Waals surface area (Å²) in [5.74, 6) is -1.61. The van der Waals surface area contributed by atoms with Crippen LogP contribution in [0.3, 0.4) is 0 Å². The number of hydrogen-bond acceptors (Lipinski definition) is 7. The largest absolute Gasteiger partial charge is 0.481 e. The van der Waals surface area contributed by atoms with Gasteiger partial charge in [0.15, 0.2) is 0 Å². The Morgan fingerprint density at radius 1 is 0.970 bits per heavy atom. The van der Waals surface area contributed by atoms with Gasteiger partial charge in [-0.15, -0.1) is 11.8 Å². The van der Waals surface area contributed by atoms with Gasteiger partial charge in [0, 0.05) is 37.9 Å². The number of imide groups is 1. The van der Waals surface area contributed by atoms with Crippen LogP contribution in [0.2, 0.25) is 0 Å². The third kappa shape index (κ3) is 6.04. The van der Waals surface area contributed by atoms with Gasteiger partial charge in [0.25, 0.3) is 5.91 Å². The molecule has 33 heavy (non-hydrogen) atoms. The second kappa shape index (κ2) is 11.0. The molecule has 3 aliphatic heterocycles. The fraction of sp³-hybridized carbons (Fsp3) is 0.714. The van der Waals surface area contributed by atoms with E-state index in [-0.39, 0.29) is 37.1 Å². The Morgan fingerprint density at radius 3 is 2.27 bits per heavy atom. The second-order valence-electron chi connectivity index (χ2n) is 8.67. The van der Waals surface area contributed by atoms with Crippen LogP contribution in [0.4, 0.5) is 4.79 Å². The van der Waals surface area contributed by atoms with Gasteiger partial charge in [0.1, 0.15) is 10.5 Å². The monoisotopic (exact) mass is 482 g/mol. The van der Waals surface area contributed by atoms with E-state index >= 15 is 0 Å². The average molecular weight is 483 g/mol. The number of hydrazine groups is 1. The first-order valence-electron chi connectivity index (χ1n) is 11.3. The molecule has 3 rings (SSSR count). The molecule has 0 aliphatic carbocycles. The molecule has 0 aromatic carbocycles. The van der Waals surface area contributed by atoms with E-state index < -0.39 is 34.5 Å². The third-order valence-corrected chi connectivity index (χ3v) is 7.96. The highest BCUT2D eigenvalue weighted by atomic mass is 32.2. The quantitative estimate of drug-likeness (QED) is 0.171. The second-order valence-corrected chi connectivity index (χ2v) is 10.0. The lowest BCUT2D eigenvalue weighted by molar-refractivity contribution is -0.148. The Morgan fingerprint density at radius 2 is 1.61 bits per heavy atom. The Hall–Kier alpha value is -2.63. The molecule has 3 saturated heterocycles. The SMILES string of the molecule is O=C(O)CCCCCC(=O)CCCC[C@]1(C(=O)NN2C(=O)CCC2=O)SC[C@@H]2NC(=O)N[C@@H]21. The number of rotatable bonds is 13. The number of nitrogens with zero attached hydrogens (tertiary/aromatic N) is 1. The molecule has 0 aromatic heterocycles. The summed E-state index contributed by atoms with van der Waals surface area (Å²) in [7, 11) is 0. The van der Waals surface area contributed by atoms with Crippen LogP contribution < -0.4 is 16.1 Å². The number of hydrogen-bond donors (Lipinski definition) is 4. The smallest absolute Gasteiger partial charge is 0.315 e. The van der Waals surface area contributed by atoms with Crippen molar-refractivity contribution in [3.63, 3.8) is 0 Å². The number of carboxylic acids is 1. The Labute approximate surface area is 195 Å². The number of unbranched alkanes of at least 4 members (excludes halogenated alkanes) is 3. The van der Waals surface area contributed by atoms with Gasteiger partial charge < -0.3 is 15.7 Å². The topological polar surface area (TPSA) is 162 Å². The highest BCUT2D eigenvalue weighted by molar-refractivity contribution is 8.01. The number of nitrogens with one attached hydrogen (secondary N) is 3. The molecule has 11 nitrogen and oxygen atoms in total. The molecular formula is C21H30N4O7S. The number of aliphatic carboxylic acids is 1. The molecule has 0 unspecified atom stereocenters. The lowest BCUT2D eigenvalue weighted by Crippen LogP contribution is -2.60. The van der Waals surface area contributed by atoms with Crippen molar-refractivity contribution in [3.8, 4) is 0 Å². The normalized spacial score (nSPS) is 26.2. The van der Waals surface area contributed by atoms with E-state index in [9.17, 15) is 28.8 Å². The first-order valence-corrected chi connectivity index (χ1v) is 12.3. The van der Waals surface area contributed by atoms with E-state index in [1.807, 2.05) is 0 Å². The average Bonchev–Trinajstić information content (AvgIpc) is 3.40. The molecule has 3 heterocycles. The molecule has 182 valence electrons. The van der Waals surface area contributed by atoms with Crippen molar-refractivity contribution < 1.29 is 33.9 Å². The number of Topliss-reactive ketones (excluding diaryl/α,β-unsaturated/α-hetero) is 1. The van der Waals surface area contributed by atoms with Crippen molar-refractivity contribution in [1.82, 2.24) is 21.1 Å². The van der Waals surface area contributed by atoms with Crippen LogP contribution in [0.1, 0.15) is 70.6 Å². The number of fused-ring (bicyclic) bond motifs is 1. The maximum Gasteiger partial charge on any atom is 0.315 e.